The molecule has 2 aromatic rings. The van der Waals surface area contributed by atoms with Crippen LogP contribution in [0.15, 0.2) is 54.6 Å². The molecule has 0 radical (unpaired) electrons. The molecular weight excluding hydrogens is 534 g/mol. The molecule has 4 N–H and O–H groups in total. The zero-order valence-electron chi connectivity index (χ0n) is 25.2. The van der Waals surface area contributed by atoms with Crippen molar-refractivity contribution in [3.63, 3.8) is 0 Å². The van der Waals surface area contributed by atoms with Gasteiger partial charge in [0.2, 0.25) is 11.8 Å². The minimum atomic E-state index is -0.908. The van der Waals surface area contributed by atoms with Crippen molar-refractivity contribution < 1.29 is 23.9 Å². The van der Waals surface area contributed by atoms with Crippen LogP contribution in [0.25, 0.3) is 0 Å². The lowest BCUT2D eigenvalue weighted by Crippen LogP contribution is -2.58. The summed E-state index contributed by atoms with van der Waals surface area (Å²) in [5.74, 6) is -0.589. The third-order valence-corrected chi connectivity index (χ3v) is 7.16. The van der Waals surface area contributed by atoms with Crippen LogP contribution in [-0.2, 0) is 32.3 Å². The highest BCUT2D eigenvalue weighted by molar-refractivity contribution is 5.92. The standard InChI is InChI=1S/C32H45N5O5/c1-22(2)14-15-28(38)30(37-17-16-36(20-29(33)39)27-13-9-8-12-25(27)19-37)35-31(40)26(18-23(3)4)34-32(41)42-21-24-10-6-5-7-11-24/h5-13,22-23,26,30H,14-21H2,1-4H3,(H2,33,39)(H,34,41)(H,35,40)/t26-,30?/m0/s1. The molecule has 0 fully saturated rings. The molecule has 0 bridgehead atoms. The lowest BCUT2D eigenvalue weighted by molar-refractivity contribution is -0.133. The second kappa shape index (κ2) is 15.9. The maximum Gasteiger partial charge on any atom is 0.408 e. The van der Waals surface area contributed by atoms with Crippen LogP contribution in [0.5, 0.6) is 0 Å². The fourth-order valence-corrected chi connectivity index (χ4v) is 4.98. The third-order valence-electron chi connectivity index (χ3n) is 7.16. The second-order valence-electron chi connectivity index (χ2n) is 11.7. The van der Waals surface area contributed by atoms with E-state index in [1.165, 1.54) is 0 Å². The number of nitrogens with zero attached hydrogens (tertiary/aromatic N) is 2. The van der Waals surface area contributed by atoms with E-state index in [0.717, 1.165) is 16.8 Å². The molecule has 1 heterocycles. The molecule has 1 unspecified atom stereocenters. The van der Waals surface area contributed by atoms with Crippen LogP contribution < -0.4 is 21.3 Å². The summed E-state index contributed by atoms with van der Waals surface area (Å²) in [6.07, 6.45) is -0.257. The van der Waals surface area contributed by atoms with Crippen molar-refractivity contribution in [1.82, 2.24) is 15.5 Å². The second-order valence-corrected chi connectivity index (χ2v) is 11.7. The summed E-state index contributed by atoms with van der Waals surface area (Å²) in [4.78, 5) is 55.6. The highest BCUT2D eigenvalue weighted by atomic mass is 16.5. The van der Waals surface area contributed by atoms with Crippen molar-refractivity contribution >= 4 is 29.4 Å². The SMILES string of the molecule is CC(C)CCC(=O)C(NC(=O)[C@H](CC(C)C)NC(=O)OCc1ccccc1)N1CCN(CC(N)=O)c2ccccc2C1. The Morgan fingerprint density at radius 2 is 1.60 bits per heavy atom. The Kier molecular flexibility index (Phi) is 12.3. The zero-order chi connectivity index (χ0) is 30.6. The van der Waals surface area contributed by atoms with E-state index in [4.69, 9.17) is 10.5 Å². The predicted molar refractivity (Wildman–Crippen MR) is 162 cm³/mol. The number of hydrogen-bond donors (Lipinski definition) is 3. The zero-order valence-corrected chi connectivity index (χ0v) is 25.2. The van der Waals surface area contributed by atoms with Crippen LogP contribution >= 0.6 is 0 Å². The number of alkyl carbamates (subject to hydrolysis) is 1. The summed E-state index contributed by atoms with van der Waals surface area (Å²) in [6.45, 7) is 9.41. The Bertz CT molecular complexity index is 1200. The number of anilines is 1. The number of nitrogens with two attached hydrogens (primary N) is 1. The van der Waals surface area contributed by atoms with Gasteiger partial charge in [-0.2, -0.15) is 0 Å². The first-order valence-electron chi connectivity index (χ1n) is 14.7. The van der Waals surface area contributed by atoms with E-state index in [9.17, 15) is 19.2 Å². The summed E-state index contributed by atoms with van der Waals surface area (Å²) >= 11 is 0. The molecule has 2 atom stereocenters. The maximum absolute atomic E-state index is 13.7. The van der Waals surface area contributed by atoms with Gasteiger partial charge in [0.25, 0.3) is 0 Å². The average Bonchev–Trinajstić information content (AvgIpc) is 3.12. The van der Waals surface area contributed by atoms with E-state index < -0.39 is 30.1 Å². The quantitative estimate of drug-likeness (QED) is 0.311. The number of rotatable bonds is 14. The molecule has 0 spiro atoms. The first-order valence-corrected chi connectivity index (χ1v) is 14.7. The molecule has 228 valence electrons. The van der Waals surface area contributed by atoms with Crippen molar-refractivity contribution in [1.29, 1.82) is 0 Å². The summed E-state index contributed by atoms with van der Waals surface area (Å²) < 4.78 is 5.37. The van der Waals surface area contributed by atoms with Gasteiger partial charge in [0.1, 0.15) is 18.8 Å². The van der Waals surface area contributed by atoms with Gasteiger partial charge in [-0.05, 0) is 41.9 Å². The molecule has 10 nitrogen and oxygen atoms in total. The van der Waals surface area contributed by atoms with Crippen LogP contribution in [0.3, 0.4) is 0 Å². The summed E-state index contributed by atoms with van der Waals surface area (Å²) in [5, 5.41) is 5.68. The summed E-state index contributed by atoms with van der Waals surface area (Å²) in [5.41, 5.74) is 8.16. The van der Waals surface area contributed by atoms with Gasteiger partial charge < -0.3 is 26.0 Å². The number of fused-ring (bicyclic) bond motifs is 1. The monoisotopic (exact) mass is 579 g/mol. The third kappa shape index (κ3) is 10.2. The summed E-state index contributed by atoms with van der Waals surface area (Å²) in [6, 6.07) is 16.1. The Morgan fingerprint density at radius 1 is 0.905 bits per heavy atom. The number of para-hydroxylation sites is 1. The fourth-order valence-electron chi connectivity index (χ4n) is 4.98. The van der Waals surface area contributed by atoms with Gasteiger partial charge in [-0.25, -0.2) is 4.79 Å². The van der Waals surface area contributed by atoms with Crippen LogP contribution in [0, 0.1) is 11.8 Å². The van der Waals surface area contributed by atoms with Crippen molar-refractivity contribution in [3.05, 3.63) is 65.7 Å². The molecule has 3 amide bonds. The minimum absolute atomic E-state index is 0.0502. The smallest absolute Gasteiger partial charge is 0.408 e. The normalized spacial score (nSPS) is 15.0. The van der Waals surface area contributed by atoms with Gasteiger partial charge in [0, 0.05) is 31.7 Å². The van der Waals surface area contributed by atoms with Gasteiger partial charge >= 0.3 is 6.09 Å². The highest BCUT2D eigenvalue weighted by Crippen LogP contribution is 2.26. The van der Waals surface area contributed by atoms with E-state index in [1.54, 1.807) is 0 Å². The molecule has 0 saturated heterocycles. The average molecular weight is 580 g/mol. The molecule has 2 aromatic carbocycles. The molecular formula is C32H45N5O5. The molecule has 0 aliphatic carbocycles. The topological polar surface area (TPSA) is 134 Å². The molecule has 10 heteroatoms. The molecule has 1 aliphatic rings. The molecule has 42 heavy (non-hydrogen) atoms. The van der Waals surface area contributed by atoms with E-state index in [1.807, 2.05) is 92.1 Å². The van der Waals surface area contributed by atoms with Gasteiger partial charge in [-0.15, -0.1) is 0 Å². The first-order chi connectivity index (χ1) is 20.0. The van der Waals surface area contributed by atoms with Crippen LogP contribution in [0.2, 0.25) is 0 Å². The number of primary amides is 1. The van der Waals surface area contributed by atoms with Gasteiger partial charge in [0.15, 0.2) is 5.78 Å². The number of ketones is 1. The van der Waals surface area contributed by atoms with Gasteiger partial charge in [-0.1, -0.05) is 76.2 Å². The van der Waals surface area contributed by atoms with Crippen LogP contribution in [0.1, 0.15) is 58.1 Å². The molecule has 0 saturated carbocycles. The molecule has 3 rings (SSSR count). The Labute approximate surface area is 249 Å². The number of benzene rings is 2. The maximum atomic E-state index is 13.7. The van der Waals surface area contributed by atoms with Crippen molar-refractivity contribution in [3.8, 4) is 0 Å². The number of carbonyl (C=O) groups is 4. The number of ether oxygens (including phenoxy) is 1. The largest absolute Gasteiger partial charge is 0.445 e. The van der Waals surface area contributed by atoms with Crippen molar-refractivity contribution in [2.75, 3.05) is 24.5 Å². The Hall–Kier alpha value is -3.92. The predicted octanol–water partition coefficient (Wildman–Crippen LogP) is 3.58. The van der Waals surface area contributed by atoms with Gasteiger partial charge in [0.05, 0.1) is 6.54 Å². The van der Waals surface area contributed by atoms with Crippen molar-refractivity contribution in [2.45, 2.75) is 72.3 Å². The fraction of sp³-hybridized carbons (Fsp3) is 0.500. The van der Waals surface area contributed by atoms with E-state index in [-0.39, 0.29) is 24.9 Å². The van der Waals surface area contributed by atoms with Gasteiger partial charge in [-0.3, -0.25) is 19.3 Å². The lowest BCUT2D eigenvalue weighted by atomic mass is 10.0. The van der Waals surface area contributed by atoms with E-state index in [0.29, 0.717) is 44.8 Å². The molecule has 0 aromatic heterocycles. The number of Topliss-reactive ketones (excluding diaryl/α,β-unsaturated/α-hetero) is 1. The summed E-state index contributed by atoms with van der Waals surface area (Å²) in [7, 11) is 0. The van der Waals surface area contributed by atoms with Crippen LogP contribution in [-0.4, -0.2) is 60.4 Å². The highest BCUT2D eigenvalue weighted by Gasteiger charge is 2.33. The minimum Gasteiger partial charge on any atom is -0.445 e. The van der Waals surface area contributed by atoms with Crippen molar-refractivity contribution in [2.24, 2.45) is 17.6 Å². The number of hydrogen-bond acceptors (Lipinski definition) is 7. The molecule has 1 aliphatic heterocycles. The number of amides is 3. The van der Waals surface area contributed by atoms with Crippen LogP contribution in [0.4, 0.5) is 10.5 Å². The Morgan fingerprint density at radius 3 is 2.26 bits per heavy atom. The number of nitrogens with one attached hydrogen (secondary N) is 2. The Balaban J connectivity index is 1.80. The van der Waals surface area contributed by atoms with E-state index in [2.05, 4.69) is 10.6 Å². The lowest BCUT2D eigenvalue weighted by Gasteiger charge is -2.32. The number of carbonyl (C=O) groups excluding carboxylic acids is 4. The first kappa shape index (κ1) is 32.6. The van der Waals surface area contributed by atoms with E-state index >= 15 is 0 Å².